The Morgan fingerprint density at radius 2 is 2.11 bits per heavy atom. The van der Waals surface area contributed by atoms with Crippen LogP contribution in [0.5, 0.6) is 0 Å². The van der Waals surface area contributed by atoms with Crippen LogP contribution in [0.1, 0.15) is 33.4 Å². The van der Waals surface area contributed by atoms with Gasteiger partial charge >= 0.3 is 13.9 Å². The quantitative estimate of drug-likeness (QED) is 0.406. The Labute approximate surface area is 156 Å². The highest BCUT2D eigenvalue weighted by molar-refractivity contribution is 7.42. The second-order valence-electron chi connectivity index (χ2n) is 6.35. The van der Waals surface area contributed by atoms with E-state index in [1.807, 2.05) is 0 Å². The van der Waals surface area contributed by atoms with Gasteiger partial charge in [0.05, 0.1) is 24.1 Å². The molecule has 0 fully saturated rings. The van der Waals surface area contributed by atoms with Gasteiger partial charge in [-0.05, 0) is 32.3 Å². The number of nitrogens with zero attached hydrogens (tertiary/aromatic N) is 3. The number of aromatic nitrogens is 4. The van der Waals surface area contributed by atoms with Gasteiger partial charge in [0.25, 0.3) is 11.9 Å². The number of hydrogen-bond donors (Lipinski definition) is 3. The zero-order valence-corrected chi connectivity index (χ0v) is 16.5. The summed E-state index contributed by atoms with van der Waals surface area (Å²) >= 11 is 0. The summed E-state index contributed by atoms with van der Waals surface area (Å²) in [6, 6.07) is -0.701. The number of ether oxygens (including phenoxy) is 2. The van der Waals surface area contributed by atoms with Crippen molar-refractivity contribution in [2.75, 3.05) is 12.1 Å². The maximum Gasteiger partial charge on any atom is 0.461 e. The minimum atomic E-state index is -1.95. The highest BCUT2D eigenvalue weighted by atomic mass is 31.1. The van der Waals surface area contributed by atoms with Gasteiger partial charge in [-0.3, -0.25) is 14.6 Å². The van der Waals surface area contributed by atoms with Crippen molar-refractivity contribution in [3.8, 4) is 0 Å². The third-order valence-corrected chi connectivity index (χ3v) is 4.54. The summed E-state index contributed by atoms with van der Waals surface area (Å²) in [5, 5.41) is 6.69. The molecule has 12 heteroatoms. The van der Waals surface area contributed by atoms with Crippen LogP contribution in [0.4, 0.5) is 5.95 Å². The van der Waals surface area contributed by atoms with Crippen molar-refractivity contribution in [3.63, 3.8) is 0 Å². The van der Waals surface area contributed by atoms with E-state index in [0.717, 1.165) is 0 Å². The summed E-state index contributed by atoms with van der Waals surface area (Å²) < 4.78 is 24.0. The average molecular weight is 399 g/mol. The smallest absolute Gasteiger partial charge is 0.461 e. The molecule has 11 nitrogen and oxygen atoms in total. The maximum atomic E-state index is 12.1. The average Bonchev–Trinajstić information content (AvgIpc) is 2.95. The Morgan fingerprint density at radius 3 is 2.78 bits per heavy atom. The number of nitrogens with one attached hydrogen (secondary N) is 2. The minimum Gasteiger partial charge on any atom is -0.462 e. The zero-order chi connectivity index (χ0) is 20.1. The summed E-state index contributed by atoms with van der Waals surface area (Å²) in [5.74, 6) is -0.490. The summed E-state index contributed by atoms with van der Waals surface area (Å²) in [4.78, 5) is 29.9. The van der Waals surface area contributed by atoms with Crippen LogP contribution in [-0.2, 0) is 25.3 Å². The second kappa shape index (κ2) is 9.03. The van der Waals surface area contributed by atoms with Gasteiger partial charge in [-0.25, -0.2) is 9.50 Å². The van der Waals surface area contributed by atoms with E-state index in [0.29, 0.717) is 12.1 Å². The molecule has 2 aromatic heterocycles. The number of rotatable bonds is 9. The molecule has 0 aliphatic rings. The first kappa shape index (κ1) is 20.9. The molecule has 4 N–H and O–H groups in total. The third-order valence-electron chi connectivity index (χ3n) is 3.48. The van der Waals surface area contributed by atoms with Gasteiger partial charge in [0.1, 0.15) is 6.04 Å². The van der Waals surface area contributed by atoms with Crippen LogP contribution in [0, 0.1) is 0 Å². The summed E-state index contributed by atoms with van der Waals surface area (Å²) in [5.41, 5.74) is 5.89. The molecule has 148 valence electrons. The van der Waals surface area contributed by atoms with E-state index in [9.17, 15) is 14.2 Å². The first-order chi connectivity index (χ1) is 12.7. The lowest BCUT2D eigenvalue weighted by molar-refractivity contribution is -0.148. The molecule has 0 aliphatic carbocycles. The standard InChI is InChI=1S/C15H23N6O5P/c1-8(2)26-14(23)10(4)20-27(24)7-25-9(3)5-11-6-17-12-13(22)18-15(16)19-21(11)12/h6,8-10H,5,7H2,1-4H3,(H3-,16,18,19,20,22,24)/p+1/t9?,10-/m0/s1. The molecule has 2 aromatic rings. The van der Waals surface area contributed by atoms with E-state index in [-0.39, 0.29) is 30.2 Å². The van der Waals surface area contributed by atoms with Gasteiger partial charge < -0.3 is 15.2 Å². The van der Waals surface area contributed by atoms with Crippen LogP contribution in [0.2, 0.25) is 0 Å². The molecule has 0 bridgehead atoms. The molecule has 2 unspecified atom stereocenters. The van der Waals surface area contributed by atoms with E-state index < -0.39 is 25.5 Å². The van der Waals surface area contributed by atoms with Gasteiger partial charge in [-0.2, -0.15) is 0 Å². The maximum absolute atomic E-state index is 12.1. The van der Waals surface area contributed by atoms with Crippen molar-refractivity contribution in [1.29, 1.82) is 0 Å². The van der Waals surface area contributed by atoms with Crippen LogP contribution < -0.4 is 16.4 Å². The fourth-order valence-electron chi connectivity index (χ4n) is 2.28. The zero-order valence-electron chi connectivity index (χ0n) is 15.6. The Bertz CT molecular complexity index is 879. The van der Waals surface area contributed by atoms with E-state index in [4.69, 9.17) is 15.2 Å². The summed E-state index contributed by atoms with van der Waals surface area (Å²) in [6.45, 7) is 6.85. The molecule has 0 spiro atoms. The third kappa shape index (κ3) is 5.81. The van der Waals surface area contributed by atoms with Crippen LogP contribution in [0.3, 0.4) is 0 Å². The van der Waals surface area contributed by atoms with Gasteiger partial charge in [0.2, 0.25) is 11.6 Å². The number of nitrogens with two attached hydrogens (primary N) is 1. The molecule has 0 amide bonds. The molecule has 3 atom stereocenters. The van der Waals surface area contributed by atoms with E-state index in [2.05, 4.69) is 20.2 Å². The molecule has 0 saturated heterocycles. The van der Waals surface area contributed by atoms with Crippen molar-refractivity contribution in [2.45, 2.75) is 52.4 Å². The Kier molecular flexibility index (Phi) is 7.00. The van der Waals surface area contributed by atoms with Crippen LogP contribution in [-0.4, -0.2) is 50.1 Å². The number of esters is 1. The van der Waals surface area contributed by atoms with Crippen molar-refractivity contribution in [3.05, 3.63) is 22.2 Å². The summed E-state index contributed by atoms with van der Waals surface area (Å²) in [7, 11) is -1.95. The number of nitrogen functional groups attached to an aromatic ring is 1. The van der Waals surface area contributed by atoms with Gasteiger partial charge in [-0.1, -0.05) is 5.09 Å². The topological polar surface area (TPSA) is 154 Å². The van der Waals surface area contributed by atoms with Crippen LogP contribution in [0.15, 0.2) is 11.0 Å². The normalized spacial score (nSPS) is 14.3. The summed E-state index contributed by atoms with van der Waals surface area (Å²) in [6.07, 6.45) is 1.25. The molecule has 0 aliphatic heterocycles. The van der Waals surface area contributed by atoms with Crippen LogP contribution >= 0.6 is 7.95 Å². The van der Waals surface area contributed by atoms with Crippen LogP contribution in [0.25, 0.3) is 5.65 Å². The van der Waals surface area contributed by atoms with E-state index in [1.165, 1.54) is 10.7 Å². The number of carbonyl (C=O) groups is 1. The Balaban J connectivity index is 1.88. The lowest BCUT2D eigenvalue weighted by Gasteiger charge is -2.11. The number of imidazole rings is 1. The molecule has 2 heterocycles. The minimum absolute atomic E-state index is 0.0186. The number of anilines is 1. The number of H-pyrrole nitrogens is 1. The monoisotopic (exact) mass is 399 g/mol. The SMILES string of the molecule is CC(C)OC(=O)[C@H](C)N[P+](=O)COC(C)Cc1cnc2c(=O)[nH]c(N)nn12. The lowest BCUT2D eigenvalue weighted by Crippen LogP contribution is -2.33. The first-order valence-electron chi connectivity index (χ1n) is 8.42. The Morgan fingerprint density at radius 1 is 1.41 bits per heavy atom. The Hall–Kier alpha value is -2.36. The van der Waals surface area contributed by atoms with Crippen molar-refractivity contribution >= 4 is 25.5 Å². The van der Waals surface area contributed by atoms with Crippen molar-refractivity contribution < 1.29 is 18.8 Å². The van der Waals surface area contributed by atoms with Crippen molar-refractivity contribution in [2.24, 2.45) is 0 Å². The van der Waals surface area contributed by atoms with Gasteiger partial charge in [0, 0.05) is 6.42 Å². The molecule has 2 rings (SSSR count). The fraction of sp³-hybridized carbons (Fsp3) is 0.600. The molecule has 27 heavy (non-hydrogen) atoms. The largest absolute Gasteiger partial charge is 0.462 e. The van der Waals surface area contributed by atoms with E-state index in [1.54, 1.807) is 27.7 Å². The fourth-order valence-corrected chi connectivity index (χ4v) is 3.28. The lowest BCUT2D eigenvalue weighted by atomic mass is 10.2. The number of hydrogen-bond acceptors (Lipinski definition) is 8. The highest BCUT2D eigenvalue weighted by Crippen LogP contribution is 2.18. The van der Waals surface area contributed by atoms with Gasteiger partial charge in [0.15, 0.2) is 0 Å². The molecule has 0 aromatic carbocycles. The molecule has 0 saturated carbocycles. The molecular weight excluding hydrogens is 375 g/mol. The van der Waals surface area contributed by atoms with E-state index >= 15 is 0 Å². The molecular formula is C15H24N6O5P+. The number of aromatic amines is 1. The predicted octanol–water partition coefficient (Wildman–Crippen LogP) is 0.577. The van der Waals surface area contributed by atoms with Crippen molar-refractivity contribution in [1.82, 2.24) is 24.7 Å². The first-order valence-corrected chi connectivity index (χ1v) is 9.87. The highest BCUT2D eigenvalue weighted by Gasteiger charge is 2.27. The number of fused-ring (bicyclic) bond motifs is 1. The molecule has 0 radical (unpaired) electrons. The predicted molar refractivity (Wildman–Crippen MR) is 98.6 cm³/mol. The van der Waals surface area contributed by atoms with Gasteiger partial charge in [-0.15, -0.1) is 5.10 Å². The number of carbonyl (C=O) groups excluding carboxylic acids is 1. The second-order valence-corrected chi connectivity index (χ2v) is 7.62.